The molecule has 1 aromatic carbocycles. The molecule has 0 aliphatic carbocycles. The first-order valence-corrected chi connectivity index (χ1v) is 8.05. The number of alkyl halides is 1. The van der Waals surface area contributed by atoms with Gasteiger partial charge >= 0.3 is 0 Å². The summed E-state index contributed by atoms with van der Waals surface area (Å²) in [5.74, 6) is 1.49. The minimum Gasteiger partial charge on any atom is -0.486 e. The number of ether oxygens (including phenoxy) is 2. The average Bonchev–Trinajstić information content (AvgIpc) is 2.84. The summed E-state index contributed by atoms with van der Waals surface area (Å²) in [5, 5.41) is 0.692. The molecule has 2 nitrogen and oxygen atoms in total. The molecule has 0 radical (unpaired) electrons. The Hall–Kier alpha value is -0.710. The number of thiophene rings is 1. The van der Waals surface area contributed by atoms with Crippen molar-refractivity contribution in [1.82, 2.24) is 0 Å². The van der Waals surface area contributed by atoms with Gasteiger partial charge in [-0.3, -0.25) is 0 Å². The van der Waals surface area contributed by atoms with E-state index in [1.165, 1.54) is 9.75 Å². The first-order chi connectivity index (χ1) is 9.15. The SMILES string of the molecule is Cc1ccc(C(Br)c2cc3c(cc2Cl)OCCO3)s1. The fraction of sp³-hybridized carbons (Fsp3) is 0.286. The smallest absolute Gasteiger partial charge is 0.162 e. The fourth-order valence-electron chi connectivity index (χ4n) is 2.02. The second-order valence-electron chi connectivity index (χ2n) is 4.33. The van der Waals surface area contributed by atoms with E-state index in [9.17, 15) is 0 Å². The van der Waals surface area contributed by atoms with Crippen LogP contribution in [0.25, 0.3) is 0 Å². The van der Waals surface area contributed by atoms with Crippen molar-refractivity contribution in [3.63, 3.8) is 0 Å². The van der Waals surface area contributed by atoms with Gasteiger partial charge in [0, 0.05) is 20.8 Å². The summed E-state index contributed by atoms with van der Waals surface area (Å²) >= 11 is 11.8. The van der Waals surface area contributed by atoms with E-state index >= 15 is 0 Å². The molecule has 3 rings (SSSR count). The van der Waals surface area contributed by atoms with E-state index in [0.29, 0.717) is 18.2 Å². The molecule has 0 saturated heterocycles. The molecule has 1 aromatic heterocycles. The summed E-state index contributed by atoms with van der Waals surface area (Å²) in [6.07, 6.45) is 0. The Morgan fingerprint density at radius 3 is 2.53 bits per heavy atom. The Labute approximate surface area is 129 Å². The standard InChI is InChI=1S/C14H12BrClO2S/c1-8-2-3-13(19-8)14(15)9-6-11-12(7-10(9)16)18-5-4-17-11/h2-3,6-7,14H,4-5H2,1H3. The number of hydrogen-bond donors (Lipinski definition) is 0. The molecule has 0 saturated carbocycles. The maximum atomic E-state index is 6.35. The second-order valence-corrected chi connectivity index (χ2v) is 6.97. The van der Waals surface area contributed by atoms with Crippen LogP contribution in [0.5, 0.6) is 11.5 Å². The zero-order valence-electron chi connectivity index (χ0n) is 10.3. The van der Waals surface area contributed by atoms with Crippen molar-refractivity contribution in [3.05, 3.63) is 44.6 Å². The van der Waals surface area contributed by atoms with Crippen LogP contribution in [0.4, 0.5) is 0 Å². The van der Waals surface area contributed by atoms with Crippen molar-refractivity contribution in [2.75, 3.05) is 13.2 Å². The van der Waals surface area contributed by atoms with Gasteiger partial charge in [0.15, 0.2) is 11.5 Å². The monoisotopic (exact) mass is 358 g/mol. The molecule has 0 bridgehead atoms. The minimum atomic E-state index is 0.0783. The summed E-state index contributed by atoms with van der Waals surface area (Å²) in [7, 11) is 0. The van der Waals surface area contributed by atoms with Gasteiger partial charge in [0.05, 0.1) is 4.83 Å². The maximum absolute atomic E-state index is 6.35. The molecule has 100 valence electrons. The molecule has 2 aromatic rings. The highest BCUT2D eigenvalue weighted by molar-refractivity contribution is 9.09. The lowest BCUT2D eigenvalue weighted by molar-refractivity contribution is 0.171. The molecule has 2 heterocycles. The van der Waals surface area contributed by atoms with Crippen LogP contribution in [-0.4, -0.2) is 13.2 Å². The van der Waals surface area contributed by atoms with Gasteiger partial charge in [-0.05, 0) is 30.7 Å². The van der Waals surface area contributed by atoms with Crippen molar-refractivity contribution < 1.29 is 9.47 Å². The third-order valence-electron chi connectivity index (χ3n) is 2.95. The van der Waals surface area contributed by atoms with Gasteiger partial charge in [-0.1, -0.05) is 27.5 Å². The van der Waals surface area contributed by atoms with E-state index in [-0.39, 0.29) is 4.83 Å². The number of benzene rings is 1. The van der Waals surface area contributed by atoms with Crippen LogP contribution in [-0.2, 0) is 0 Å². The molecule has 5 heteroatoms. The first-order valence-electron chi connectivity index (χ1n) is 5.94. The molecular weight excluding hydrogens is 348 g/mol. The van der Waals surface area contributed by atoms with Gasteiger partial charge in [-0.15, -0.1) is 11.3 Å². The van der Waals surface area contributed by atoms with Crippen LogP contribution in [0, 0.1) is 6.92 Å². The summed E-state index contributed by atoms with van der Waals surface area (Å²) in [6.45, 7) is 3.25. The van der Waals surface area contributed by atoms with Gasteiger partial charge in [0.1, 0.15) is 13.2 Å². The van der Waals surface area contributed by atoms with Crippen molar-refractivity contribution in [1.29, 1.82) is 0 Å². The molecule has 1 aliphatic rings. The fourth-order valence-corrected chi connectivity index (χ4v) is 4.10. The summed E-state index contributed by atoms with van der Waals surface area (Å²) in [6, 6.07) is 8.03. The predicted octanol–water partition coefficient (Wildman–Crippen LogP) is 4.97. The Balaban J connectivity index is 2.00. The van der Waals surface area contributed by atoms with Gasteiger partial charge in [-0.2, -0.15) is 0 Å². The Morgan fingerprint density at radius 2 is 1.89 bits per heavy atom. The number of fused-ring (bicyclic) bond motifs is 1. The van der Waals surface area contributed by atoms with Crippen LogP contribution < -0.4 is 9.47 Å². The lowest BCUT2D eigenvalue weighted by Gasteiger charge is -2.21. The Bertz CT molecular complexity index is 611. The third-order valence-corrected chi connectivity index (χ3v) is 5.63. The van der Waals surface area contributed by atoms with Crippen molar-refractivity contribution >= 4 is 38.9 Å². The van der Waals surface area contributed by atoms with Crippen molar-refractivity contribution in [3.8, 4) is 11.5 Å². The van der Waals surface area contributed by atoms with E-state index in [1.54, 1.807) is 11.3 Å². The quantitative estimate of drug-likeness (QED) is 0.705. The topological polar surface area (TPSA) is 18.5 Å². The van der Waals surface area contributed by atoms with E-state index < -0.39 is 0 Å². The number of halogens is 2. The van der Waals surface area contributed by atoms with Gasteiger partial charge in [0.25, 0.3) is 0 Å². The van der Waals surface area contributed by atoms with Gasteiger partial charge < -0.3 is 9.47 Å². The van der Waals surface area contributed by atoms with E-state index in [2.05, 4.69) is 35.0 Å². The zero-order valence-corrected chi connectivity index (χ0v) is 13.4. The van der Waals surface area contributed by atoms with Gasteiger partial charge in [0.2, 0.25) is 0 Å². The number of rotatable bonds is 2. The van der Waals surface area contributed by atoms with Crippen LogP contribution in [0.3, 0.4) is 0 Å². The highest BCUT2D eigenvalue weighted by Crippen LogP contribution is 2.43. The molecule has 0 amide bonds. The normalized spacial score (nSPS) is 15.3. The summed E-state index contributed by atoms with van der Waals surface area (Å²) in [4.78, 5) is 2.60. The predicted molar refractivity (Wildman–Crippen MR) is 82.3 cm³/mol. The van der Waals surface area contributed by atoms with Gasteiger partial charge in [-0.25, -0.2) is 0 Å². The Kier molecular flexibility index (Phi) is 3.74. The number of aryl methyl sites for hydroxylation is 1. The average molecular weight is 360 g/mol. The van der Waals surface area contributed by atoms with Crippen LogP contribution in [0.15, 0.2) is 24.3 Å². The highest BCUT2D eigenvalue weighted by atomic mass is 79.9. The second kappa shape index (κ2) is 5.35. The highest BCUT2D eigenvalue weighted by Gasteiger charge is 2.21. The molecule has 0 N–H and O–H groups in total. The van der Waals surface area contributed by atoms with Crippen LogP contribution in [0.1, 0.15) is 20.1 Å². The largest absolute Gasteiger partial charge is 0.486 e. The summed E-state index contributed by atoms with van der Waals surface area (Å²) in [5.41, 5.74) is 1.01. The molecule has 1 unspecified atom stereocenters. The molecule has 19 heavy (non-hydrogen) atoms. The molecule has 0 fully saturated rings. The number of hydrogen-bond acceptors (Lipinski definition) is 3. The third kappa shape index (κ3) is 2.62. The minimum absolute atomic E-state index is 0.0783. The van der Waals surface area contributed by atoms with Crippen LogP contribution >= 0.6 is 38.9 Å². The molecule has 0 spiro atoms. The zero-order chi connectivity index (χ0) is 13.4. The summed E-state index contributed by atoms with van der Waals surface area (Å²) < 4.78 is 11.1. The molecular formula is C14H12BrClO2S. The van der Waals surface area contributed by atoms with Crippen LogP contribution in [0.2, 0.25) is 5.02 Å². The molecule has 1 atom stereocenters. The molecule has 1 aliphatic heterocycles. The Morgan fingerprint density at radius 1 is 1.21 bits per heavy atom. The lowest BCUT2D eigenvalue weighted by atomic mass is 10.1. The van der Waals surface area contributed by atoms with E-state index in [4.69, 9.17) is 21.1 Å². The van der Waals surface area contributed by atoms with E-state index in [0.717, 1.165) is 17.1 Å². The lowest BCUT2D eigenvalue weighted by Crippen LogP contribution is -2.15. The maximum Gasteiger partial charge on any atom is 0.162 e. The van der Waals surface area contributed by atoms with Crippen molar-refractivity contribution in [2.24, 2.45) is 0 Å². The first kappa shape index (κ1) is 13.3. The van der Waals surface area contributed by atoms with E-state index in [1.807, 2.05) is 12.1 Å². The van der Waals surface area contributed by atoms with Crippen molar-refractivity contribution in [2.45, 2.75) is 11.8 Å².